The Hall–Kier alpha value is -4.04. The standard InChI is InChI=1S/C31H38O17/c1-41-18-10-15(11-19(42-2)27(18)43-3)4-9-22(35)46-28-24(37)20(12-32)47-31(28,14-33)48-30-26(39)25(38)23(36)21(45-30)13-44-29(40)16-5-7-17(34)8-6-16/h4-11,20-21,23-26,28,30,32-34,36-39H,12-14H2,1-3H3/b9-4+/t20-,21-,23-,24-,25+,26-,28+,30-,31-/m1/s1. The number of methoxy groups -OCH3 is 3. The van der Waals surface area contributed by atoms with Crippen molar-refractivity contribution in [2.75, 3.05) is 41.2 Å². The van der Waals surface area contributed by atoms with Gasteiger partial charge in [0, 0.05) is 6.08 Å². The number of hydrogen-bond donors (Lipinski definition) is 7. The van der Waals surface area contributed by atoms with Crippen LogP contribution in [0, 0.1) is 0 Å². The smallest absolute Gasteiger partial charge is 0.338 e. The second-order valence-electron chi connectivity index (χ2n) is 10.7. The maximum atomic E-state index is 13.0. The Bertz CT molecular complexity index is 1410. The highest BCUT2D eigenvalue weighted by molar-refractivity contribution is 5.89. The van der Waals surface area contributed by atoms with Crippen molar-refractivity contribution < 1.29 is 83.2 Å². The van der Waals surface area contributed by atoms with E-state index in [9.17, 15) is 45.3 Å². The van der Waals surface area contributed by atoms with Gasteiger partial charge < -0.3 is 73.6 Å². The molecule has 2 saturated heterocycles. The van der Waals surface area contributed by atoms with Gasteiger partial charge in [0.2, 0.25) is 11.5 Å². The van der Waals surface area contributed by atoms with Gasteiger partial charge in [0.1, 0.15) is 55.6 Å². The van der Waals surface area contributed by atoms with Crippen LogP contribution in [0.1, 0.15) is 15.9 Å². The number of aromatic hydroxyl groups is 1. The predicted molar refractivity (Wildman–Crippen MR) is 159 cm³/mol. The lowest BCUT2D eigenvalue weighted by Crippen LogP contribution is -2.63. The van der Waals surface area contributed by atoms with Crippen LogP contribution < -0.4 is 14.2 Å². The van der Waals surface area contributed by atoms with E-state index in [1.165, 1.54) is 51.7 Å². The quantitative estimate of drug-likeness (QED) is 0.0934. The molecule has 17 heteroatoms. The molecule has 7 N–H and O–H groups in total. The van der Waals surface area contributed by atoms with E-state index in [-0.39, 0.29) is 11.3 Å². The van der Waals surface area contributed by atoms with Gasteiger partial charge in [-0.1, -0.05) is 0 Å². The zero-order valence-corrected chi connectivity index (χ0v) is 26.1. The first-order valence-electron chi connectivity index (χ1n) is 14.5. The van der Waals surface area contributed by atoms with Crippen molar-refractivity contribution in [3.8, 4) is 23.0 Å². The molecule has 9 atom stereocenters. The normalized spacial score (nSPS) is 30.2. The molecule has 17 nitrogen and oxygen atoms in total. The molecule has 2 aliphatic heterocycles. The number of benzene rings is 2. The Kier molecular flexibility index (Phi) is 12.2. The molecule has 48 heavy (non-hydrogen) atoms. The monoisotopic (exact) mass is 682 g/mol. The van der Waals surface area contributed by atoms with Gasteiger partial charge in [-0.3, -0.25) is 0 Å². The highest BCUT2D eigenvalue weighted by Gasteiger charge is 2.60. The number of rotatable bonds is 13. The van der Waals surface area contributed by atoms with E-state index in [0.29, 0.717) is 22.8 Å². The number of aliphatic hydroxyl groups excluding tert-OH is 6. The lowest BCUT2D eigenvalue weighted by molar-refractivity contribution is -0.383. The number of carbonyl (C=O) groups is 2. The molecule has 2 aromatic carbocycles. The summed E-state index contributed by atoms with van der Waals surface area (Å²) in [6.45, 7) is -2.59. The molecule has 0 spiro atoms. The molecule has 0 aromatic heterocycles. The summed E-state index contributed by atoms with van der Waals surface area (Å²) in [5.41, 5.74) is 0.476. The average molecular weight is 683 g/mol. The van der Waals surface area contributed by atoms with Gasteiger partial charge in [-0.15, -0.1) is 0 Å². The summed E-state index contributed by atoms with van der Waals surface area (Å²) >= 11 is 0. The summed E-state index contributed by atoms with van der Waals surface area (Å²) in [6, 6.07) is 8.16. The highest BCUT2D eigenvalue weighted by atomic mass is 16.8. The first-order chi connectivity index (χ1) is 22.9. The van der Waals surface area contributed by atoms with Crippen molar-refractivity contribution in [1.82, 2.24) is 0 Å². The number of carbonyl (C=O) groups excluding carboxylic acids is 2. The van der Waals surface area contributed by atoms with Gasteiger partial charge in [-0.2, -0.15) is 0 Å². The molecule has 2 heterocycles. The minimum Gasteiger partial charge on any atom is -0.508 e. The Balaban J connectivity index is 1.51. The van der Waals surface area contributed by atoms with E-state index in [0.717, 1.165) is 6.08 Å². The van der Waals surface area contributed by atoms with E-state index >= 15 is 0 Å². The van der Waals surface area contributed by atoms with Crippen LogP contribution in [-0.4, -0.2) is 144 Å². The topological polar surface area (TPSA) is 250 Å². The molecule has 0 unspecified atom stereocenters. The van der Waals surface area contributed by atoms with Crippen molar-refractivity contribution in [2.24, 2.45) is 0 Å². The second-order valence-corrected chi connectivity index (χ2v) is 10.7. The summed E-state index contributed by atoms with van der Waals surface area (Å²) in [5, 5.41) is 72.2. The molecule has 0 aliphatic carbocycles. The number of esters is 2. The van der Waals surface area contributed by atoms with Gasteiger partial charge in [0.25, 0.3) is 0 Å². The van der Waals surface area contributed by atoms with Crippen LogP contribution in [0.2, 0.25) is 0 Å². The van der Waals surface area contributed by atoms with Crippen molar-refractivity contribution in [2.45, 2.75) is 54.8 Å². The van der Waals surface area contributed by atoms with Crippen LogP contribution >= 0.6 is 0 Å². The van der Waals surface area contributed by atoms with Crippen molar-refractivity contribution in [1.29, 1.82) is 0 Å². The number of aliphatic hydroxyl groups is 6. The fraction of sp³-hybridized carbons (Fsp3) is 0.484. The first kappa shape index (κ1) is 36.8. The van der Waals surface area contributed by atoms with E-state index in [1.54, 1.807) is 12.1 Å². The Labute approximate surface area is 274 Å². The molecule has 264 valence electrons. The van der Waals surface area contributed by atoms with Crippen molar-refractivity contribution >= 4 is 18.0 Å². The molecule has 0 saturated carbocycles. The van der Waals surface area contributed by atoms with Crippen LogP contribution in [0.25, 0.3) is 6.08 Å². The third-order valence-electron chi connectivity index (χ3n) is 7.68. The van der Waals surface area contributed by atoms with Crippen LogP contribution in [0.15, 0.2) is 42.5 Å². The van der Waals surface area contributed by atoms with Crippen LogP contribution in [0.5, 0.6) is 23.0 Å². The fourth-order valence-electron chi connectivity index (χ4n) is 5.13. The van der Waals surface area contributed by atoms with E-state index in [4.69, 9.17) is 37.9 Å². The summed E-state index contributed by atoms with van der Waals surface area (Å²) in [7, 11) is 4.24. The van der Waals surface area contributed by atoms with Crippen LogP contribution in [-0.2, 0) is 28.5 Å². The lowest BCUT2D eigenvalue weighted by Gasteiger charge is -2.43. The Morgan fingerprint density at radius 2 is 1.52 bits per heavy atom. The third-order valence-corrected chi connectivity index (χ3v) is 7.68. The lowest BCUT2D eigenvalue weighted by atomic mass is 9.98. The molecular weight excluding hydrogens is 644 g/mol. The zero-order chi connectivity index (χ0) is 35.2. The zero-order valence-electron chi connectivity index (χ0n) is 26.1. The second kappa shape index (κ2) is 15.9. The van der Waals surface area contributed by atoms with Gasteiger partial charge in [0.15, 0.2) is 23.9 Å². The van der Waals surface area contributed by atoms with E-state index in [2.05, 4.69) is 0 Å². The van der Waals surface area contributed by atoms with Gasteiger partial charge in [0.05, 0.1) is 33.5 Å². The minimum atomic E-state index is -2.47. The van der Waals surface area contributed by atoms with Gasteiger partial charge in [-0.25, -0.2) is 9.59 Å². The Morgan fingerprint density at radius 1 is 0.875 bits per heavy atom. The maximum absolute atomic E-state index is 13.0. The highest BCUT2D eigenvalue weighted by Crippen LogP contribution is 2.40. The van der Waals surface area contributed by atoms with Crippen LogP contribution in [0.3, 0.4) is 0 Å². The number of hydrogen-bond acceptors (Lipinski definition) is 17. The van der Waals surface area contributed by atoms with Crippen molar-refractivity contribution in [3.63, 3.8) is 0 Å². The summed E-state index contributed by atoms with van der Waals surface area (Å²) in [5.74, 6) is -3.57. The summed E-state index contributed by atoms with van der Waals surface area (Å²) in [4.78, 5) is 25.4. The molecule has 2 aromatic rings. The molecule has 2 fully saturated rings. The van der Waals surface area contributed by atoms with Gasteiger partial charge >= 0.3 is 11.9 Å². The molecule has 4 rings (SSSR count). The number of phenols is 1. The first-order valence-corrected chi connectivity index (χ1v) is 14.5. The summed E-state index contributed by atoms with van der Waals surface area (Å²) in [6.07, 6.45) is -11.9. The molecule has 2 aliphatic rings. The fourth-order valence-corrected chi connectivity index (χ4v) is 5.13. The Morgan fingerprint density at radius 3 is 2.08 bits per heavy atom. The van der Waals surface area contributed by atoms with E-state index in [1.807, 2.05) is 0 Å². The van der Waals surface area contributed by atoms with E-state index < -0.39 is 86.6 Å². The molecule has 0 amide bonds. The van der Waals surface area contributed by atoms with Crippen LogP contribution in [0.4, 0.5) is 0 Å². The summed E-state index contributed by atoms with van der Waals surface area (Å²) < 4.78 is 43.3. The predicted octanol–water partition coefficient (Wildman–Crippen LogP) is -1.54. The molecular formula is C31H38O17. The number of ether oxygens (including phenoxy) is 8. The largest absolute Gasteiger partial charge is 0.508 e. The minimum absolute atomic E-state index is 0.0538. The average Bonchev–Trinajstić information content (AvgIpc) is 3.36. The SMILES string of the molecule is COc1cc(/C=C/C(=O)O[C@H]2[C@H](O)[C@@H](CO)O[C@]2(CO)O[C@H]2O[C@H](COC(=O)c3ccc(O)cc3)[C@@H](O)[C@H](O)[C@H]2O)cc(OC)c1OC. The van der Waals surface area contributed by atoms with Gasteiger partial charge in [-0.05, 0) is 48.0 Å². The third kappa shape index (κ3) is 7.81. The van der Waals surface area contributed by atoms with Crippen molar-refractivity contribution in [3.05, 3.63) is 53.6 Å². The molecule has 0 radical (unpaired) electrons. The maximum Gasteiger partial charge on any atom is 0.338 e. The molecule has 0 bridgehead atoms. The number of phenolic OH excluding ortho intramolecular Hbond substituents is 1.